The van der Waals surface area contributed by atoms with E-state index in [4.69, 9.17) is 0 Å². The number of aryl methyl sites for hydroxylation is 1. The van der Waals surface area contributed by atoms with Crippen molar-refractivity contribution >= 4 is 26.4 Å². The molecule has 43 heavy (non-hydrogen) atoms. The Morgan fingerprint density at radius 2 is 1.74 bits per heavy atom. The number of aromatic nitrogens is 2. The van der Waals surface area contributed by atoms with Gasteiger partial charge in [0.25, 0.3) is 5.92 Å². The molecule has 1 atom stereocenters. The normalized spacial score (nSPS) is 26.7. The van der Waals surface area contributed by atoms with Crippen LogP contribution < -0.4 is 5.32 Å². The van der Waals surface area contributed by atoms with Crippen LogP contribution >= 0.6 is 0 Å². The first-order valence-corrected chi connectivity index (χ1v) is 17.6. The molecular weight excluding hydrogens is 573 g/mol. The lowest BCUT2D eigenvalue weighted by Crippen LogP contribution is -2.48. The molecular formula is C33H41F3N4O2S. The number of anilines is 1. The Morgan fingerprint density at radius 3 is 2.53 bits per heavy atom. The highest BCUT2D eigenvalue weighted by Gasteiger charge is 2.41. The first kappa shape index (κ1) is 30.3. The van der Waals surface area contributed by atoms with Gasteiger partial charge in [0.15, 0.2) is 5.82 Å². The van der Waals surface area contributed by atoms with Crippen molar-refractivity contribution in [2.75, 3.05) is 36.5 Å². The number of fused-ring (bicyclic) bond motifs is 8. The average molecular weight is 615 g/mol. The zero-order valence-corrected chi connectivity index (χ0v) is 25.6. The molecule has 2 fully saturated rings. The number of sulfone groups is 1. The average Bonchev–Trinajstić information content (AvgIpc) is 2.94. The van der Waals surface area contributed by atoms with Crippen LogP contribution in [-0.2, 0) is 22.2 Å². The molecule has 1 N–H and O–H groups in total. The minimum absolute atomic E-state index is 0.122. The van der Waals surface area contributed by atoms with Crippen molar-refractivity contribution in [3.8, 4) is 0 Å². The van der Waals surface area contributed by atoms with Crippen molar-refractivity contribution in [2.45, 2.75) is 82.6 Å². The van der Waals surface area contributed by atoms with Crippen LogP contribution in [0, 0.1) is 11.7 Å². The van der Waals surface area contributed by atoms with Crippen molar-refractivity contribution in [2.24, 2.45) is 5.92 Å². The molecule has 0 saturated carbocycles. The van der Waals surface area contributed by atoms with Crippen LogP contribution in [0.4, 0.5) is 19.0 Å². The minimum Gasteiger partial charge on any atom is -0.361 e. The third-order valence-corrected chi connectivity index (χ3v) is 11.4. The standard InChI is InChI=1S/C33H41F3N4O2S/c1-22-27-9-7-10-30(31(27)34)33(35,36)18-23-20-40(21-23)13-6-4-2-3-5-8-25-16-26(24-11-14-43(41,42)15-12-24)17-28-29(25)19-37-39-32(28)38-22/h7,9-10,16-17,19,22-24H,2-6,8,11-15,18,20-21H2,1H3,(H,38,39)/t22-/m1/s1. The molecule has 7 rings (SSSR count). The Kier molecular flexibility index (Phi) is 8.70. The monoisotopic (exact) mass is 614 g/mol. The summed E-state index contributed by atoms with van der Waals surface area (Å²) in [5.74, 6) is -3.33. The van der Waals surface area contributed by atoms with Gasteiger partial charge in [-0.1, -0.05) is 43.5 Å². The molecule has 0 spiro atoms. The smallest absolute Gasteiger partial charge is 0.276 e. The number of benzene rings is 2. The SMILES string of the molecule is C[C@H]1Nc2nncc3c(cc(C4CCS(=O)(=O)CC4)cc23)CCCCCCCN2CC(C2)CC(F)(F)c2cccc1c2F. The summed E-state index contributed by atoms with van der Waals surface area (Å²) in [6.45, 7) is 3.95. The van der Waals surface area contributed by atoms with E-state index in [9.17, 15) is 8.42 Å². The van der Waals surface area contributed by atoms with Gasteiger partial charge in [-0.15, -0.1) is 5.10 Å². The van der Waals surface area contributed by atoms with E-state index in [1.54, 1.807) is 19.2 Å². The summed E-state index contributed by atoms with van der Waals surface area (Å²) in [5.41, 5.74) is 1.84. The van der Waals surface area contributed by atoms with E-state index in [1.165, 1.54) is 12.1 Å². The van der Waals surface area contributed by atoms with Gasteiger partial charge in [0, 0.05) is 35.8 Å². The quantitative estimate of drug-likeness (QED) is 0.314. The highest BCUT2D eigenvalue weighted by atomic mass is 32.2. The van der Waals surface area contributed by atoms with Crippen LogP contribution in [0.15, 0.2) is 36.5 Å². The van der Waals surface area contributed by atoms with Crippen molar-refractivity contribution in [1.29, 1.82) is 0 Å². The lowest BCUT2D eigenvalue weighted by Gasteiger charge is -2.41. The molecule has 2 saturated heterocycles. The second-order valence-electron chi connectivity index (χ2n) is 12.9. The Balaban J connectivity index is 1.37. The van der Waals surface area contributed by atoms with Crippen LogP contribution in [0.2, 0.25) is 0 Å². The number of nitrogens with zero attached hydrogens (tertiary/aromatic N) is 3. The summed E-state index contributed by atoms with van der Waals surface area (Å²) >= 11 is 0. The second kappa shape index (κ2) is 12.3. The summed E-state index contributed by atoms with van der Waals surface area (Å²) in [7, 11) is -3.00. The highest BCUT2D eigenvalue weighted by Crippen LogP contribution is 2.41. The fourth-order valence-electron chi connectivity index (χ4n) is 7.15. The number of alkyl halides is 2. The number of nitrogens with one attached hydrogen (secondary N) is 1. The maximum absolute atomic E-state index is 15.8. The second-order valence-corrected chi connectivity index (χ2v) is 15.2. The number of halogens is 3. The van der Waals surface area contributed by atoms with E-state index >= 15 is 13.2 Å². The molecule has 1 aromatic heterocycles. The zero-order chi connectivity index (χ0) is 30.2. The van der Waals surface area contributed by atoms with Crippen molar-refractivity contribution < 1.29 is 21.6 Å². The number of hydrogen-bond acceptors (Lipinski definition) is 6. The van der Waals surface area contributed by atoms with Crippen LogP contribution in [0.1, 0.15) is 92.5 Å². The Labute approximate surface area is 252 Å². The van der Waals surface area contributed by atoms with Gasteiger partial charge in [0.1, 0.15) is 15.7 Å². The van der Waals surface area contributed by atoms with Gasteiger partial charge in [-0.2, -0.15) is 5.10 Å². The van der Waals surface area contributed by atoms with Gasteiger partial charge < -0.3 is 10.2 Å². The zero-order valence-electron chi connectivity index (χ0n) is 24.8. The first-order valence-electron chi connectivity index (χ1n) is 15.7. The van der Waals surface area contributed by atoms with Gasteiger partial charge in [-0.05, 0) is 74.6 Å². The van der Waals surface area contributed by atoms with Gasteiger partial charge in [0.2, 0.25) is 0 Å². The van der Waals surface area contributed by atoms with E-state index in [1.807, 2.05) is 0 Å². The molecule has 4 aliphatic heterocycles. The molecule has 0 radical (unpaired) electrons. The fraction of sp³-hybridized carbons (Fsp3) is 0.576. The predicted molar refractivity (Wildman–Crippen MR) is 164 cm³/mol. The largest absolute Gasteiger partial charge is 0.361 e. The topological polar surface area (TPSA) is 75.2 Å². The van der Waals surface area contributed by atoms with Crippen molar-refractivity contribution in [3.05, 3.63) is 64.6 Å². The maximum Gasteiger partial charge on any atom is 0.276 e. The van der Waals surface area contributed by atoms with E-state index < -0.39 is 33.2 Å². The van der Waals surface area contributed by atoms with Crippen LogP contribution in [0.5, 0.6) is 0 Å². The van der Waals surface area contributed by atoms with Crippen LogP contribution in [0.25, 0.3) is 10.8 Å². The summed E-state index contributed by atoms with van der Waals surface area (Å²) in [6, 6.07) is 7.88. The van der Waals surface area contributed by atoms with Crippen LogP contribution in [0.3, 0.4) is 0 Å². The van der Waals surface area contributed by atoms with Crippen molar-refractivity contribution in [3.63, 3.8) is 0 Å². The van der Waals surface area contributed by atoms with E-state index in [0.717, 1.165) is 67.0 Å². The molecule has 0 unspecified atom stereocenters. The minimum atomic E-state index is -3.26. The lowest BCUT2D eigenvalue weighted by atomic mass is 9.88. The Bertz CT molecular complexity index is 1560. The molecule has 6 nitrogen and oxygen atoms in total. The molecule has 2 aromatic carbocycles. The van der Waals surface area contributed by atoms with E-state index in [2.05, 4.69) is 32.5 Å². The first-order chi connectivity index (χ1) is 20.6. The molecule has 0 amide bonds. The van der Waals surface area contributed by atoms with Gasteiger partial charge >= 0.3 is 0 Å². The molecule has 10 heteroatoms. The van der Waals surface area contributed by atoms with Gasteiger partial charge in [-0.3, -0.25) is 0 Å². The molecule has 8 bridgehead atoms. The fourth-order valence-corrected chi connectivity index (χ4v) is 8.64. The Hall–Kier alpha value is -2.72. The summed E-state index contributed by atoms with van der Waals surface area (Å²) in [4.78, 5) is 2.23. The van der Waals surface area contributed by atoms with Crippen molar-refractivity contribution in [1.82, 2.24) is 15.1 Å². The summed E-state index contributed by atoms with van der Waals surface area (Å²) < 4.78 is 70.9. The third-order valence-electron chi connectivity index (χ3n) is 9.65. The lowest BCUT2D eigenvalue weighted by molar-refractivity contribution is -0.0592. The number of rotatable bonds is 1. The van der Waals surface area contributed by atoms with Crippen LogP contribution in [-0.4, -0.2) is 54.7 Å². The predicted octanol–water partition coefficient (Wildman–Crippen LogP) is 7.15. The molecule has 4 aliphatic rings. The maximum atomic E-state index is 15.8. The van der Waals surface area contributed by atoms with Gasteiger partial charge in [-0.25, -0.2) is 21.6 Å². The molecule has 5 heterocycles. The highest BCUT2D eigenvalue weighted by molar-refractivity contribution is 7.91. The summed E-state index contributed by atoms with van der Waals surface area (Å²) in [5, 5.41) is 13.7. The molecule has 0 aliphatic carbocycles. The molecule has 232 valence electrons. The molecule has 3 aromatic rings. The van der Waals surface area contributed by atoms with E-state index in [0.29, 0.717) is 31.7 Å². The number of hydrogen-bond donors (Lipinski definition) is 1. The summed E-state index contributed by atoms with van der Waals surface area (Å²) in [6.07, 6.45) is 8.82. The van der Waals surface area contributed by atoms with E-state index in [-0.39, 0.29) is 35.3 Å². The van der Waals surface area contributed by atoms with Gasteiger partial charge in [0.05, 0.1) is 29.3 Å². The Morgan fingerprint density at radius 1 is 1.00 bits per heavy atom. The third kappa shape index (κ3) is 6.70.